The zero-order valence-electron chi connectivity index (χ0n) is 10.7. The fourth-order valence-electron chi connectivity index (χ4n) is 1.80. The summed E-state index contributed by atoms with van der Waals surface area (Å²) in [5, 5.41) is 13.0. The number of carbonyl (C=O) groups excluding carboxylic acids is 1. The SMILES string of the molecule is C=CCC(NC(=O)c1sc2cc(Cl)ccc2c1Cl)C(=O)O. The van der Waals surface area contributed by atoms with Crippen LogP contribution in [0.15, 0.2) is 30.9 Å². The van der Waals surface area contributed by atoms with Crippen LogP contribution in [0.4, 0.5) is 0 Å². The van der Waals surface area contributed by atoms with Gasteiger partial charge in [0, 0.05) is 15.1 Å². The number of nitrogens with one attached hydrogen (secondary N) is 1. The van der Waals surface area contributed by atoms with Crippen LogP contribution in [0.1, 0.15) is 16.1 Å². The highest BCUT2D eigenvalue weighted by molar-refractivity contribution is 7.21. The molecule has 0 saturated heterocycles. The maximum absolute atomic E-state index is 12.2. The van der Waals surface area contributed by atoms with Gasteiger partial charge in [0.25, 0.3) is 5.91 Å². The summed E-state index contributed by atoms with van der Waals surface area (Å²) >= 11 is 13.3. The molecule has 1 aromatic carbocycles. The number of rotatable bonds is 5. The van der Waals surface area contributed by atoms with E-state index in [1.54, 1.807) is 18.2 Å². The van der Waals surface area contributed by atoms with Crippen LogP contribution >= 0.6 is 34.5 Å². The van der Waals surface area contributed by atoms with E-state index in [0.717, 1.165) is 4.70 Å². The molecule has 1 amide bonds. The maximum atomic E-state index is 12.2. The molecule has 1 unspecified atom stereocenters. The molecule has 7 heteroatoms. The van der Waals surface area contributed by atoms with E-state index in [4.69, 9.17) is 28.3 Å². The Labute approximate surface area is 135 Å². The number of hydrogen-bond acceptors (Lipinski definition) is 3. The smallest absolute Gasteiger partial charge is 0.326 e. The van der Waals surface area contributed by atoms with Crippen LogP contribution in [-0.2, 0) is 4.79 Å². The first-order valence-electron chi connectivity index (χ1n) is 5.96. The molecule has 1 heterocycles. The third-order valence-electron chi connectivity index (χ3n) is 2.80. The number of carboxylic acid groups (broad SMARTS) is 1. The number of fused-ring (bicyclic) bond motifs is 1. The molecule has 0 aliphatic rings. The van der Waals surface area contributed by atoms with Crippen molar-refractivity contribution in [3.05, 3.63) is 45.8 Å². The topological polar surface area (TPSA) is 66.4 Å². The van der Waals surface area contributed by atoms with Crippen LogP contribution < -0.4 is 5.32 Å². The van der Waals surface area contributed by atoms with Crippen molar-refractivity contribution in [3.63, 3.8) is 0 Å². The number of amides is 1. The molecule has 0 fully saturated rings. The molecule has 0 aliphatic carbocycles. The van der Waals surface area contributed by atoms with Crippen LogP contribution in [-0.4, -0.2) is 23.0 Å². The molecule has 2 N–H and O–H groups in total. The molecular weight excluding hydrogens is 333 g/mol. The fraction of sp³-hybridized carbons (Fsp3) is 0.143. The molecule has 1 atom stereocenters. The first kappa shape index (κ1) is 15.8. The molecule has 1 aromatic heterocycles. The molecule has 4 nitrogen and oxygen atoms in total. The highest BCUT2D eigenvalue weighted by Crippen LogP contribution is 2.36. The lowest BCUT2D eigenvalue weighted by molar-refractivity contribution is -0.139. The first-order chi connectivity index (χ1) is 9.93. The molecule has 0 radical (unpaired) electrons. The summed E-state index contributed by atoms with van der Waals surface area (Å²) < 4.78 is 0.772. The Bertz CT molecular complexity index is 726. The van der Waals surface area contributed by atoms with Gasteiger partial charge in [-0.2, -0.15) is 0 Å². The molecular formula is C14H11Cl2NO3S. The van der Waals surface area contributed by atoms with Gasteiger partial charge in [0.2, 0.25) is 0 Å². The summed E-state index contributed by atoms with van der Waals surface area (Å²) in [4.78, 5) is 23.5. The van der Waals surface area contributed by atoms with Crippen molar-refractivity contribution >= 4 is 56.5 Å². The van der Waals surface area contributed by atoms with E-state index in [-0.39, 0.29) is 11.3 Å². The van der Waals surface area contributed by atoms with Crippen LogP contribution in [0.5, 0.6) is 0 Å². The van der Waals surface area contributed by atoms with Crippen molar-refractivity contribution < 1.29 is 14.7 Å². The lowest BCUT2D eigenvalue weighted by Gasteiger charge is -2.11. The summed E-state index contributed by atoms with van der Waals surface area (Å²) in [6.45, 7) is 3.47. The molecule has 0 spiro atoms. The highest BCUT2D eigenvalue weighted by atomic mass is 35.5. The minimum Gasteiger partial charge on any atom is -0.480 e. The van der Waals surface area contributed by atoms with Crippen molar-refractivity contribution in [1.29, 1.82) is 0 Å². The Kier molecular flexibility index (Phi) is 4.88. The van der Waals surface area contributed by atoms with Gasteiger partial charge in [0.05, 0.1) is 5.02 Å². The zero-order chi connectivity index (χ0) is 15.6. The second-order valence-corrected chi connectivity index (χ2v) is 6.14. The summed E-state index contributed by atoms with van der Waals surface area (Å²) in [5.74, 6) is -1.64. The third-order valence-corrected chi connectivity index (χ3v) is 4.69. The number of hydrogen-bond donors (Lipinski definition) is 2. The van der Waals surface area contributed by atoms with Gasteiger partial charge in [-0.15, -0.1) is 17.9 Å². The standard InChI is InChI=1S/C14H11Cl2NO3S/c1-2-3-9(14(19)20)17-13(18)12-11(16)8-5-4-7(15)6-10(8)21-12/h2,4-6,9H,1,3H2,(H,17,18)(H,19,20). The Hall–Kier alpha value is -1.56. The number of benzene rings is 1. The van der Waals surface area contributed by atoms with Gasteiger partial charge in [-0.1, -0.05) is 35.3 Å². The molecule has 2 rings (SSSR count). The predicted molar refractivity (Wildman–Crippen MR) is 85.5 cm³/mol. The van der Waals surface area contributed by atoms with E-state index in [2.05, 4.69) is 11.9 Å². The Balaban J connectivity index is 2.32. The van der Waals surface area contributed by atoms with E-state index < -0.39 is 17.9 Å². The number of halogens is 2. The fourth-order valence-corrected chi connectivity index (χ4v) is 3.49. The Morgan fingerprint density at radius 2 is 2.14 bits per heavy atom. The number of carboxylic acids is 1. The molecule has 0 bridgehead atoms. The lowest BCUT2D eigenvalue weighted by atomic mass is 10.2. The summed E-state index contributed by atoms with van der Waals surface area (Å²) in [7, 11) is 0. The molecule has 0 saturated carbocycles. The van der Waals surface area contributed by atoms with E-state index in [1.807, 2.05) is 0 Å². The monoisotopic (exact) mass is 343 g/mol. The van der Waals surface area contributed by atoms with Crippen LogP contribution in [0.25, 0.3) is 10.1 Å². The largest absolute Gasteiger partial charge is 0.480 e. The number of carbonyl (C=O) groups is 2. The normalized spacial score (nSPS) is 12.1. The van der Waals surface area contributed by atoms with E-state index >= 15 is 0 Å². The van der Waals surface area contributed by atoms with Gasteiger partial charge in [-0.25, -0.2) is 4.79 Å². The van der Waals surface area contributed by atoms with Crippen molar-refractivity contribution in [2.24, 2.45) is 0 Å². The lowest BCUT2D eigenvalue weighted by Crippen LogP contribution is -2.40. The summed E-state index contributed by atoms with van der Waals surface area (Å²) in [6.07, 6.45) is 1.57. The molecule has 2 aromatic rings. The Morgan fingerprint density at radius 1 is 1.43 bits per heavy atom. The number of aliphatic carboxylic acids is 1. The first-order valence-corrected chi connectivity index (χ1v) is 7.53. The van der Waals surface area contributed by atoms with Crippen LogP contribution in [0.3, 0.4) is 0 Å². The summed E-state index contributed by atoms with van der Waals surface area (Å²) in [6, 6.07) is 4.09. The van der Waals surface area contributed by atoms with E-state index in [1.165, 1.54) is 17.4 Å². The van der Waals surface area contributed by atoms with Gasteiger partial charge in [0.1, 0.15) is 10.9 Å². The average Bonchev–Trinajstić information content (AvgIpc) is 2.74. The molecule has 110 valence electrons. The predicted octanol–water partition coefficient (Wildman–Crippen LogP) is 3.97. The van der Waals surface area contributed by atoms with Crippen LogP contribution in [0, 0.1) is 0 Å². The van der Waals surface area contributed by atoms with Gasteiger partial charge in [0.15, 0.2) is 0 Å². The number of thiophene rings is 1. The quantitative estimate of drug-likeness (QED) is 0.807. The minimum absolute atomic E-state index is 0.134. The van der Waals surface area contributed by atoms with Gasteiger partial charge >= 0.3 is 5.97 Å². The van der Waals surface area contributed by atoms with Crippen LogP contribution in [0.2, 0.25) is 10.0 Å². The maximum Gasteiger partial charge on any atom is 0.326 e. The van der Waals surface area contributed by atoms with E-state index in [9.17, 15) is 9.59 Å². The van der Waals surface area contributed by atoms with Crippen molar-refractivity contribution in [2.75, 3.05) is 0 Å². The second-order valence-electron chi connectivity index (χ2n) is 4.27. The summed E-state index contributed by atoms with van der Waals surface area (Å²) in [5.41, 5.74) is 0. The highest BCUT2D eigenvalue weighted by Gasteiger charge is 2.23. The van der Waals surface area contributed by atoms with Crippen molar-refractivity contribution in [2.45, 2.75) is 12.5 Å². The van der Waals surface area contributed by atoms with Gasteiger partial charge < -0.3 is 10.4 Å². The second kappa shape index (κ2) is 6.47. The van der Waals surface area contributed by atoms with E-state index in [0.29, 0.717) is 15.4 Å². The third kappa shape index (κ3) is 3.37. The molecule has 0 aliphatic heterocycles. The molecule has 21 heavy (non-hydrogen) atoms. The van der Waals surface area contributed by atoms with Gasteiger partial charge in [-0.3, -0.25) is 4.79 Å². The Morgan fingerprint density at radius 3 is 2.76 bits per heavy atom. The van der Waals surface area contributed by atoms with Crippen molar-refractivity contribution in [3.8, 4) is 0 Å². The minimum atomic E-state index is -1.12. The zero-order valence-corrected chi connectivity index (χ0v) is 13.1. The van der Waals surface area contributed by atoms with Crippen molar-refractivity contribution in [1.82, 2.24) is 5.32 Å². The average molecular weight is 344 g/mol. The van der Waals surface area contributed by atoms with Gasteiger partial charge in [-0.05, 0) is 18.6 Å².